The molecule has 1 aromatic heterocycles. The fraction of sp³-hybridized carbons (Fsp3) is 0.857. The van der Waals surface area contributed by atoms with Gasteiger partial charge in [0.15, 0.2) is 0 Å². The summed E-state index contributed by atoms with van der Waals surface area (Å²) in [5, 5.41) is 7.82. The predicted octanol–water partition coefficient (Wildman–Crippen LogP) is 1.55. The number of hydrogen-bond acceptors (Lipinski definition) is 3. The minimum Gasteiger partial charge on any atom is -0.315 e. The van der Waals surface area contributed by atoms with Gasteiger partial charge in [-0.2, -0.15) is 5.10 Å². The third-order valence-electron chi connectivity index (χ3n) is 3.74. The largest absolute Gasteiger partial charge is 0.345 e. The highest BCUT2D eigenvalue weighted by Gasteiger charge is 2.15. The van der Waals surface area contributed by atoms with Crippen molar-refractivity contribution in [3.05, 3.63) is 16.3 Å². The molecule has 5 nitrogen and oxygen atoms in total. The van der Waals surface area contributed by atoms with E-state index in [1.54, 1.807) is 4.68 Å². The number of nitrogens with one attached hydrogen (secondary N) is 1. The van der Waals surface area contributed by atoms with E-state index in [2.05, 4.69) is 17.3 Å². The Labute approximate surface area is 115 Å². The van der Waals surface area contributed by atoms with Crippen LogP contribution in [0.4, 0.5) is 0 Å². The van der Waals surface area contributed by atoms with Gasteiger partial charge in [-0.25, -0.2) is 9.48 Å². The van der Waals surface area contributed by atoms with E-state index in [-0.39, 0.29) is 5.69 Å². The van der Waals surface area contributed by atoms with Crippen LogP contribution in [0.25, 0.3) is 0 Å². The number of rotatable bonds is 8. The summed E-state index contributed by atoms with van der Waals surface area (Å²) in [4.78, 5) is 12.1. The van der Waals surface area contributed by atoms with Crippen molar-refractivity contribution >= 4 is 0 Å². The lowest BCUT2D eigenvalue weighted by Gasteiger charge is -2.09. The van der Waals surface area contributed by atoms with Crippen LogP contribution >= 0.6 is 0 Å². The third kappa shape index (κ3) is 3.93. The lowest BCUT2D eigenvalue weighted by Crippen LogP contribution is -2.30. The molecule has 1 aliphatic rings. The molecule has 0 fully saturated rings. The maximum atomic E-state index is 12.1. The number of aromatic nitrogens is 3. The normalized spacial score (nSPS) is 14.6. The monoisotopic (exact) mass is 266 g/mol. The molecule has 0 unspecified atom stereocenters. The van der Waals surface area contributed by atoms with Gasteiger partial charge < -0.3 is 5.32 Å². The molecule has 0 amide bonds. The highest BCUT2D eigenvalue weighted by molar-refractivity contribution is 4.91. The van der Waals surface area contributed by atoms with Gasteiger partial charge in [-0.15, -0.1) is 0 Å². The van der Waals surface area contributed by atoms with E-state index >= 15 is 0 Å². The summed E-state index contributed by atoms with van der Waals surface area (Å²) in [5.41, 5.74) is 0.0717. The fourth-order valence-electron chi connectivity index (χ4n) is 2.58. The zero-order valence-electron chi connectivity index (χ0n) is 12.0. The van der Waals surface area contributed by atoms with E-state index in [4.69, 9.17) is 0 Å². The van der Waals surface area contributed by atoms with Gasteiger partial charge in [-0.1, -0.05) is 26.2 Å². The second-order valence-electron chi connectivity index (χ2n) is 5.34. The summed E-state index contributed by atoms with van der Waals surface area (Å²) >= 11 is 0. The first-order valence-corrected chi connectivity index (χ1v) is 7.70. The molecule has 108 valence electrons. The Morgan fingerprint density at radius 1 is 1.21 bits per heavy atom. The Balaban J connectivity index is 1.71. The molecular weight excluding hydrogens is 240 g/mol. The molecule has 1 N–H and O–H groups in total. The van der Waals surface area contributed by atoms with Gasteiger partial charge in [0.2, 0.25) is 0 Å². The van der Waals surface area contributed by atoms with Gasteiger partial charge in [-0.05, 0) is 25.8 Å². The second-order valence-corrected chi connectivity index (χ2v) is 5.34. The van der Waals surface area contributed by atoms with Crippen LogP contribution < -0.4 is 11.0 Å². The Morgan fingerprint density at radius 2 is 2.11 bits per heavy atom. The van der Waals surface area contributed by atoms with Crippen LogP contribution in [-0.4, -0.2) is 27.4 Å². The lowest BCUT2D eigenvalue weighted by atomic mass is 10.2. The predicted molar refractivity (Wildman–Crippen MR) is 76.4 cm³/mol. The molecule has 0 saturated carbocycles. The van der Waals surface area contributed by atoms with E-state index in [0.29, 0.717) is 6.54 Å². The Hall–Kier alpha value is -1.10. The Morgan fingerprint density at radius 3 is 2.89 bits per heavy atom. The van der Waals surface area contributed by atoms with Crippen molar-refractivity contribution in [2.45, 2.75) is 65.0 Å². The van der Waals surface area contributed by atoms with Crippen LogP contribution in [0.15, 0.2) is 4.79 Å². The summed E-state index contributed by atoms with van der Waals surface area (Å²) in [6.45, 7) is 5.64. The van der Waals surface area contributed by atoms with Crippen LogP contribution in [0, 0.1) is 0 Å². The van der Waals surface area contributed by atoms with Crippen LogP contribution in [-0.2, 0) is 19.5 Å². The Bertz CT molecular complexity index is 435. The molecule has 0 saturated heterocycles. The van der Waals surface area contributed by atoms with Gasteiger partial charge >= 0.3 is 5.69 Å². The van der Waals surface area contributed by atoms with E-state index in [1.807, 2.05) is 4.57 Å². The quantitative estimate of drug-likeness (QED) is 0.726. The van der Waals surface area contributed by atoms with Crippen LogP contribution in [0.5, 0.6) is 0 Å². The maximum Gasteiger partial charge on any atom is 0.345 e. The van der Waals surface area contributed by atoms with E-state index in [1.165, 1.54) is 25.7 Å². The molecule has 0 atom stereocenters. The Kier molecular flexibility index (Phi) is 5.63. The number of aryl methyl sites for hydroxylation is 1. The van der Waals surface area contributed by atoms with Crippen molar-refractivity contribution in [1.29, 1.82) is 0 Å². The van der Waals surface area contributed by atoms with E-state index in [0.717, 1.165) is 44.7 Å². The standard InChI is InChI=1S/C14H26N4O/c1-2-3-4-6-9-15-10-12-18-14(19)17-11-7-5-8-13(17)16-18/h15H,2-12H2,1H3. The molecule has 0 aliphatic carbocycles. The smallest absolute Gasteiger partial charge is 0.315 e. The molecule has 19 heavy (non-hydrogen) atoms. The highest BCUT2D eigenvalue weighted by atomic mass is 16.2. The van der Waals surface area contributed by atoms with Crippen molar-refractivity contribution in [3.8, 4) is 0 Å². The lowest BCUT2D eigenvalue weighted by molar-refractivity contribution is 0.506. The highest BCUT2D eigenvalue weighted by Crippen LogP contribution is 2.08. The minimum absolute atomic E-state index is 0.0717. The van der Waals surface area contributed by atoms with Gasteiger partial charge in [0.25, 0.3) is 0 Å². The first-order chi connectivity index (χ1) is 9.33. The summed E-state index contributed by atoms with van der Waals surface area (Å²) in [6.07, 6.45) is 8.32. The molecule has 0 spiro atoms. The van der Waals surface area contributed by atoms with Gasteiger partial charge in [0.1, 0.15) is 5.82 Å². The van der Waals surface area contributed by atoms with Crippen molar-refractivity contribution in [2.24, 2.45) is 0 Å². The van der Waals surface area contributed by atoms with Crippen molar-refractivity contribution < 1.29 is 0 Å². The molecule has 1 aromatic rings. The number of unbranched alkanes of at least 4 members (excludes halogenated alkanes) is 3. The zero-order valence-corrected chi connectivity index (χ0v) is 12.0. The topological polar surface area (TPSA) is 51.9 Å². The fourth-order valence-corrected chi connectivity index (χ4v) is 2.58. The van der Waals surface area contributed by atoms with Gasteiger partial charge in [-0.3, -0.25) is 4.57 Å². The molecule has 2 rings (SSSR count). The summed E-state index contributed by atoms with van der Waals surface area (Å²) in [5.74, 6) is 0.971. The summed E-state index contributed by atoms with van der Waals surface area (Å²) < 4.78 is 3.46. The van der Waals surface area contributed by atoms with E-state index in [9.17, 15) is 4.79 Å². The minimum atomic E-state index is 0.0717. The molecule has 0 bridgehead atoms. The molecular formula is C14H26N4O. The van der Waals surface area contributed by atoms with Crippen LogP contribution in [0.2, 0.25) is 0 Å². The number of fused-ring (bicyclic) bond motifs is 1. The van der Waals surface area contributed by atoms with Crippen molar-refractivity contribution in [3.63, 3.8) is 0 Å². The molecule has 1 aliphatic heterocycles. The molecule has 5 heteroatoms. The second kappa shape index (κ2) is 7.48. The molecule has 0 radical (unpaired) electrons. The average molecular weight is 266 g/mol. The van der Waals surface area contributed by atoms with Crippen molar-refractivity contribution in [1.82, 2.24) is 19.7 Å². The summed E-state index contributed by atoms with van der Waals surface area (Å²) in [7, 11) is 0. The zero-order chi connectivity index (χ0) is 13.5. The first-order valence-electron chi connectivity index (χ1n) is 7.70. The van der Waals surface area contributed by atoms with E-state index < -0.39 is 0 Å². The molecule has 0 aromatic carbocycles. The number of hydrogen-bond donors (Lipinski definition) is 1. The van der Waals surface area contributed by atoms with Gasteiger partial charge in [0, 0.05) is 19.5 Å². The van der Waals surface area contributed by atoms with Crippen molar-refractivity contribution in [2.75, 3.05) is 13.1 Å². The first kappa shape index (κ1) is 14.3. The maximum absolute atomic E-state index is 12.1. The molecule has 2 heterocycles. The average Bonchev–Trinajstić information content (AvgIpc) is 2.75. The van der Waals surface area contributed by atoms with Gasteiger partial charge in [0.05, 0.1) is 6.54 Å². The third-order valence-corrected chi connectivity index (χ3v) is 3.74. The SMILES string of the molecule is CCCCCCNCCn1nc2n(c1=O)CCCC2. The summed E-state index contributed by atoms with van der Waals surface area (Å²) in [6, 6.07) is 0. The van der Waals surface area contributed by atoms with Crippen LogP contribution in [0.3, 0.4) is 0 Å². The number of nitrogens with zero attached hydrogens (tertiary/aromatic N) is 3. The van der Waals surface area contributed by atoms with Crippen LogP contribution in [0.1, 0.15) is 51.3 Å².